The van der Waals surface area contributed by atoms with Crippen molar-refractivity contribution in [2.75, 3.05) is 26.0 Å². The molecule has 0 unspecified atom stereocenters. The molecule has 2 aromatic rings. The lowest BCUT2D eigenvalue weighted by Crippen LogP contribution is -2.22. The van der Waals surface area contributed by atoms with Crippen LogP contribution >= 0.6 is 0 Å². The van der Waals surface area contributed by atoms with E-state index in [-0.39, 0.29) is 10.9 Å². The molecule has 0 fully saturated rings. The van der Waals surface area contributed by atoms with Crippen molar-refractivity contribution in [2.45, 2.75) is 24.8 Å². The van der Waals surface area contributed by atoms with Gasteiger partial charge in [-0.2, -0.15) is 0 Å². The Morgan fingerprint density at radius 3 is 2.42 bits per heavy atom. The minimum absolute atomic E-state index is 0.260. The molecule has 0 aromatic heterocycles. The highest BCUT2D eigenvalue weighted by Gasteiger charge is 2.17. The van der Waals surface area contributed by atoms with Gasteiger partial charge in [-0.15, -0.1) is 0 Å². The van der Waals surface area contributed by atoms with E-state index in [0.29, 0.717) is 18.7 Å². The first-order valence-electron chi connectivity index (χ1n) is 8.37. The number of esters is 1. The zero-order valence-electron chi connectivity index (χ0n) is 15.2. The first kappa shape index (κ1) is 19.9. The number of rotatable bonds is 8. The summed E-state index contributed by atoms with van der Waals surface area (Å²) in [6.07, 6.45) is 0.786. The van der Waals surface area contributed by atoms with Crippen LogP contribution in [0.4, 0.5) is 5.69 Å². The summed E-state index contributed by atoms with van der Waals surface area (Å²) in [4.78, 5) is 12.0. The zero-order valence-corrected chi connectivity index (χ0v) is 16.0. The second-order valence-electron chi connectivity index (χ2n) is 6.00. The first-order chi connectivity index (χ1) is 12.3. The predicted octanol–water partition coefficient (Wildman–Crippen LogP) is 3.12. The monoisotopic (exact) mass is 376 g/mol. The number of sulfonamides is 1. The third-order valence-corrected chi connectivity index (χ3v) is 5.54. The Morgan fingerprint density at radius 2 is 1.81 bits per heavy atom. The summed E-state index contributed by atoms with van der Waals surface area (Å²) in [6.45, 7) is 2.82. The fraction of sp³-hybridized carbons (Fsp3) is 0.316. The molecule has 0 aliphatic rings. The number of carbonyl (C=O) groups excluding carboxylic acids is 1. The molecule has 0 aliphatic heterocycles. The largest absolute Gasteiger partial charge is 0.462 e. The van der Waals surface area contributed by atoms with E-state index in [1.54, 1.807) is 42.5 Å². The van der Waals surface area contributed by atoms with E-state index in [1.807, 2.05) is 13.0 Å². The molecule has 0 radical (unpaired) electrons. The molecule has 2 aromatic carbocycles. The van der Waals surface area contributed by atoms with Crippen LogP contribution in [0.2, 0.25) is 0 Å². The maximum atomic E-state index is 12.2. The molecule has 0 saturated carbocycles. The molecule has 0 heterocycles. The van der Waals surface area contributed by atoms with E-state index in [4.69, 9.17) is 4.74 Å². The summed E-state index contributed by atoms with van der Waals surface area (Å²) in [5.41, 5.74) is 2.18. The summed E-state index contributed by atoms with van der Waals surface area (Å²) >= 11 is 0. The fourth-order valence-corrected chi connectivity index (χ4v) is 3.21. The third-order valence-electron chi connectivity index (χ3n) is 3.73. The van der Waals surface area contributed by atoms with Gasteiger partial charge in [0, 0.05) is 26.3 Å². The number of anilines is 1. The fourth-order valence-electron chi connectivity index (χ4n) is 2.23. The molecule has 1 N–H and O–H groups in total. The number of carbonyl (C=O) groups is 1. The Bertz CT molecular complexity index is 846. The van der Waals surface area contributed by atoms with Crippen molar-refractivity contribution < 1.29 is 17.9 Å². The smallest absolute Gasteiger partial charge is 0.338 e. The van der Waals surface area contributed by atoms with E-state index in [9.17, 15) is 13.2 Å². The Morgan fingerprint density at radius 1 is 1.12 bits per heavy atom. The molecule has 7 heteroatoms. The van der Waals surface area contributed by atoms with Crippen molar-refractivity contribution >= 4 is 21.7 Å². The van der Waals surface area contributed by atoms with Crippen LogP contribution in [0.15, 0.2) is 53.4 Å². The van der Waals surface area contributed by atoms with Gasteiger partial charge in [-0.3, -0.25) is 0 Å². The van der Waals surface area contributed by atoms with Crippen molar-refractivity contribution in [2.24, 2.45) is 0 Å². The average molecular weight is 376 g/mol. The molecule has 0 atom stereocenters. The molecule has 140 valence electrons. The lowest BCUT2D eigenvalue weighted by molar-refractivity contribution is 0.0505. The van der Waals surface area contributed by atoms with Gasteiger partial charge in [0.2, 0.25) is 10.0 Å². The van der Waals surface area contributed by atoms with E-state index >= 15 is 0 Å². The molecule has 2 rings (SSSR count). The Labute approximate surface area is 154 Å². The molecule has 0 bridgehead atoms. The van der Waals surface area contributed by atoms with Crippen molar-refractivity contribution in [3.05, 3.63) is 59.7 Å². The van der Waals surface area contributed by atoms with Crippen LogP contribution in [0.3, 0.4) is 0 Å². The van der Waals surface area contributed by atoms with Crippen LogP contribution in [0, 0.1) is 0 Å². The summed E-state index contributed by atoms with van der Waals surface area (Å²) in [5, 5.41) is 3.22. The number of benzene rings is 2. The summed E-state index contributed by atoms with van der Waals surface area (Å²) in [5.74, 6) is -0.333. The van der Waals surface area contributed by atoms with E-state index in [1.165, 1.54) is 18.4 Å². The van der Waals surface area contributed by atoms with Crippen LogP contribution in [0.1, 0.15) is 29.3 Å². The maximum Gasteiger partial charge on any atom is 0.338 e. The molecular formula is C19H24N2O4S. The zero-order chi connectivity index (χ0) is 19.2. The molecule has 26 heavy (non-hydrogen) atoms. The standard InChI is InChI=1S/C19H24N2O4S/c1-4-12-25-19(22)16-8-10-17(11-9-16)20-14-15-6-5-7-18(13-15)26(23,24)21(2)3/h5-11,13,20H,4,12,14H2,1-3H3. The second kappa shape index (κ2) is 8.82. The quantitative estimate of drug-likeness (QED) is 0.717. The molecular weight excluding hydrogens is 352 g/mol. The van der Waals surface area contributed by atoms with Gasteiger partial charge in [0.1, 0.15) is 0 Å². The van der Waals surface area contributed by atoms with Crippen LogP contribution < -0.4 is 5.32 Å². The van der Waals surface area contributed by atoms with Gasteiger partial charge < -0.3 is 10.1 Å². The predicted molar refractivity (Wildman–Crippen MR) is 102 cm³/mol. The minimum Gasteiger partial charge on any atom is -0.462 e. The molecule has 0 saturated heterocycles. The molecule has 0 aliphatic carbocycles. The minimum atomic E-state index is -3.45. The normalized spacial score (nSPS) is 11.4. The van der Waals surface area contributed by atoms with Gasteiger partial charge in [0.25, 0.3) is 0 Å². The number of ether oxygens (including phenoxy) is 1. The lowest BCUT2D eigenvalue weighted by Gasteiger charge is -2.13. The first-order valence-corrected chi connectivity index (χ1v) is 9.81. The van der Waals surface area contributed by atoms with Crippen molar-refractivity contribution in [1.82, 2.24) is 4.31 Å². The third kappa shape index (κ3) is 5.06. The summed E-state index contributed by atoms with van der Waals surface area (Å²) in [7, 11) is -0.437. The summed E-state index contributed by atoms with van der Waals surface area (Å²) in [6, 6.07) is 13.8. The number of hydrogen-bond acceptors (Lipinski definition) is 5. The lowest BCUT2D eigenvalue weighted by atomic mass is 10.2. The van der Waals surface area contributed by atoms with E-state index in [0.717, 1.165) is 17.7 Å². The van der Waals surface area contributed by atoms with Crippen LogP contribution in [-0.2, 0) is 21.3 Å². The second-order valence-corrected chi connectivity index (χ2v) is 8.15. The van der Waals surface area contributed by atoms with Crippen LogP contribution in [0.5, 0.6) is 0 Å². The maximum absolute atomic E-state index is 12.2. The number of nitrogens with one attached hydrogen (secondary N) is 1. The van der Waals surface area contributed by atoms with Crippen molar-refractivity contribution in [3.8, 4) is 0 Å². The molecule has 6 nitrogen and oxygen atoms in total. The summed E-state index contributed by atoms with van der Waals surface area (Å²) < 4.78 is 30.7. The van der Waals surface area contributed by atoms with E-state index in [2.05, 4.69) is 5.32 Å². The highest BCUT2D eigenvalue weighted by Crippen LogP contribution is 2.17. The highest BCUT2D eigenvalue weighted by atomic mass is 32.2. The van der Waals surface area contributed by atoms with Crippen molar-refractivity contribution in [1.29, 1.82) is 0 Å². The highest BCUT2D eigenvalue weighted by molar-refractivity contribution is 7.89. The van der Waals surface area contributed by atoms with Gasteiger partial charge in [0.05, 0.1) is 17.1 Å². The molecule has 0 spiro atoms. The van der Waals surface area contributed by atoms with Crippen LogP contribution in [-0.4, -0.2) is 39.4 Å². The Hall–Kier alpha value is -2.38. The van der Waals surface area contributed by atoms with E-state index < -0.39 is 10.0 Å². The number of hydrogen-bond donors (Lipinski definition) is 1. The topological polar surface area (TPSA) is 75.7 Å². The Kier molecular flexibility index (Phi) is 6.76. The van der Waals surface area contributed by atoms with Crippen molar-refractivity contribution in [3.63, 3.8) is 0 Å². The van der Waals surface area contributed by atoms with Gasteiger partial charge in [-0.25, -0.2) is 17.5 Å². The van der Waals surface area contributed by atoms with Gasteiger partial charge >= 0.3 is 5.97 Å². The van der Waals surface area contributed by atoms with Gasteiger partial charge in [-0.1, -0.05) is 19.1 Å². The number of nitrogens with zero attached hydrogens (tertiary/aromatic N) is 1. The van der Waals surface area contributed by atoms with Gasteiger partial charge in [-0.05, 0) is 48.4 Å². The van der Waals surface area contributed by atoms with Crippen LogP contribution in [0.25, 0.3) is 0 Å². The molecule has 0 amide bonds. The average Bonchev–Trinajstić information content (AvgIpc) is 2.65. The SMILES string of the molecule is CCCOC(=O)c1ccc(NCc2cccc(S(=O)(=O)N(C)C)c2)cc1. The van der Waals surface area contributed by atoms with Gasteiger partial charge in [0.15, 0.2) is 0 Å². The Balaban J connectivity index is 2.02.